The maximum absolute atomic E-state index is 13.8. The number of esters is 2. The average molecular weight is 718 g/mol. The third-order valence-corrected chi connectivity index (χ3v) is 9.43. The summed E-state index contributed by atoms with van der Waals surface area (Å²) < 4.78 is 10.4. The molecule has 0 aliphatic carbocycles. The van der Waals surface area contributed by atoms with E-state index < -0.39 is 57.8 Å². The zero-order valence-electron chi connectivity index (χ0n) is 31.2. The summed E-state index contributed by atoms with van der Waals surface area (Å²) in [4.78, 5) is 53.4. The third-order valence-electron chi connectivity index (χ3n) is 7.76. The molecule has 0 heterocycles. The lowest BCUT2D eigenvalue weighted by Crippen LogP contribution is -2.55. The highest BCUT2D eigenvalue weighted by Gasteiger charge is 2.38. The van der Waals surface area contributed by atoms with E-state index in [9.17, 15) is 19.2 Å². The first-order valence-electron chi connectivity index (χ1n) is 17.5. The molecule has 0 aliphatic rings. The summed E-state index contributed by atoms with van der Waals surface area (Å²) in [7, 11) is 0. The molecular weight excluding hydrogens is 663 g/mol. The highest BCUT2D eigenvalue weighted by Crippen LogP contribution is 2.48. The molecule has 3 aromatic carbocycles. The fraction of sp³-hybridized carbons (Fsp3) is 0.463. The van der Waals surface area contributed by atoms with E-state index in [1.807, 2.05) is 68.4 Å². The standard InChI is InChI=1S/C41H55N3O6S/c1-28(2)26-34(38(48)50-40(6,7)8)44-37(47)33(24-25-35(45)49-39(3,4)5)43-36(46)32(42)27-51-41(29-18-12-9-13-19-29,30-20-14-10-15-21-30)31-22-16-11-17-23-31/h9-23,28,32-34H,24-27,42H2,1-8H3,(H,43,46)(H,44,47)/t32-,33-,34-/m0/s1. The Kier molecular flexibility index (Phi) is 14.9. The highest BCUT2D eigenvalue weighted by molar-refractivity contribution is 8.00. The number of nitrogens with two attached hydrogens (primary N) is 1. The Balaban J connectivity index is 1.89. The van der Waals surface area contributed by atoms with Crippen molar-refractivity contribution in [1.82, 2.24) is 10.6 Å². The van der Waals surface area contributed by atoms with Crippen LogP contribution in [0.15, 0.2) is 91.0 Å². The number of carbonyl (C=O) groups is 4. The predicted molar refractivity (Wildman–Crippen MR) is 204 cm³/mol. The summed E-state index contributed by atoms with van der Waals surface area (Å²) in [6.45, 7) is 14.4. The molecule has 0 saturated heterocycles. The maximum Gasteiger partial charge on any atom is 0.329 e. The van der Waals surface area contributed by atoms with E-state index >= 15 is 0 Å². The number of ether oxygens (including phenoxy) is 2. The van der Waals surface area contributed by atoms with E-state index in [1.54, 1.807) is 41.5 Å². The molecule has 0 bridgehead atoms. The van der Waals surface area contributed by atoms with Gasteiger partial charge in [0.15, 0.2) is 0 Å². The summed E-state index contributed by atoms with van der Waals surface area (Å²) in [5.41, 5.74) is 8.18. The van der Waals surface area contributed by atoms with Crippen molar-refractivity contribution < 1.29 is 28.7 Å². The van der Waals surface area contributed by atoms with Crippen LogP contribution in [0.25, 0.3) is 0 Å². The second-order valence-corrected chi connectivity index (χ2v) is 16.3. The summed E-state index contributed by atoms with van der Waals surface area (Å²) in [5.74, 6) is -2.02. The molecule has 4 N–H and O–H groups in total. The Morgan fingerprint density at radius 1 is 0.667 bits per heavy atom. The first kappa shape index (κ1) is 41.3. The lowest BCUT2D eigenvalue weighted by atomic mass is 9.84. The Hall–Kier alpha value is -4.15. The highest BCUT2D eigenvalue weighted by atomic mass is 32.2. The molecule has 276 valence electrons. The zero-order chi connectivity index (χ0) is 37.8. The van der Waals surface area contributed by atoms with E-state index in [2.05, 4.69) is 47.0 Å². The number of nitrogens with one attached hydrogen (secondary N) is 2. The van der Waals surface area contributed by atoms with E-state index in [4.69, 9.17) is 15.2 Å². The van der Waals surface area contributed by atoms with Gasteiger partial charge in [-0.3, -0.25) is 14.4 Å². The van der Waals surface area contributed by atoms with Gasteiger partial charge in [-0.1, -0.05) is 105 Å². The van der Waals surface area contributed by atoms with Gasteiger partial charge in [-0.25, -0.2) is 4.79 Å². The quantitative estimate of drug-likeness (QED) is 0.113. The third kappa shape index (κ3) is 12.8. The summed E-state index contributed by atoms with van der Waals surface area (Å²) in [6.07, 6.45) is 0.126. The molecule has 10 heteroatoms. The summed E-state index contributed by atoms with van der Waals surface area (Å²) in [6, 6.07) is 27.0. The van der Waals surface area contributed by atoms with E-state index in [1.165, 1.54) is 11.8 Å². The molecule has 0 saturated carbocycles. The molecule has 9 nitrogen and oxygen atoms in total. The number of hydrogen-bond acceptors (Lipinski definition) is 8. The fourth-order valence-electron chi connectivity index (χ4n) is 5.59. The molecule has 0 radical (unpaired) electrons. The van der Waals surface area contributed by atoms with Gasteiger partial charge in [0.25, 0.3) is 0 Å². The van der Waals surface area contributed by atoms with E-state index in [0.29, 0.717) is 6.42 Å². The predicted octanol–water partition coefficient (Wildman–Crippen LogP) is 6.52. The van der Waals surface area contributed by atoms with Crippen LogP contribution in [0.1, 0.15) is 91.3 Å². The van der Waals surface area contributed by atoms with Gasteiger partial charge in [0, 0.05) is 12.2 Å². The van der Waals surface area contributed by atoms with Crippen LogP contribution in [0.4, 0.5) is 0 Å². The second kappa shape index (κ2) is 18.4. The Labute approximate surface area is 307 Å². The molecule has 3 rings (SSSR count). The van der Waals surface area contributed by atoms with Crippen LogP contribution in [-0.4, -0.2) is 58.8 Å². The van der Waals surface area contributed by atoms with Gasteiger partial charge in [-0.15, -0.1) is 11.8 Å². The van der Waals surface area contributed by atoms with Crippen molar-refractivity contribution in [2.45, 2.75) is 109 Å². The van der Waals surface area contributed by atoms with Gasteiger partial charge < -0.3 is 25.8 Å². The van der Waals surface area contributed by atoms with Crippen LogP contribution >= 0.6 is 11.8 Å². The first-order chi connectivity index (χ1) is 23.9. The largest absolute Gasteiger partial charge is 0.460 e. The normalized spacial score (nSPS) is 13.8. The fourth-order valence-corrected chi connectivity index (χ4v) is 7.08. The number of thioether (sulfide) groups is 1. The van der Waals surface area contributed by atoms with Crippen LogP contribution in [0.2, 0.25) is 0 Å². The smallest absolute Gasteiger partial charge is 0.329 e. The molecule has 2 amide bonds. The molecule has 3 aromatic rings. The Morgan fingerprint density at radius 2 is 1.10 bits per heavy atom. The van der Waals surface area contributed by atoms with Crippen LogP contribution in [-0.2, 0) is 33.4 Å². The number of hydrogen-bond donors (Lipinski definition) is 3. The molecule has 0 fully saturated rings. The molecule has 0 aliphatic heterocycles. The number of rotatable bonds is 16. The average Bonchev–Trinajstić information content (AvgIpc) is 3.06. The topological polar surface area (TPSA) is 137 Å². The lowest BCUT2D eigenvalue weighted by Gasteiger charge is -2.36. The van der Waals surface area contributed by atoms with Gasteiger partial charge in [-0.05, 0) is 77.0 Å². The molecular formula is C41H55N3O6S. The van der Waals surface area contributed by atoms with Crippen molar-refractivity contribution in [1.29, 1.82) is 0 Å². The van der Waals surface area contributed by atoms with Gasteiger partial charge in [0.2, 0.25) is 11.8 Å². The SMILES string of the molecule is CC(C)C[C@H](NC(=O)[C@H](CCC(=O)OC(C)(C)C)NC(=O)[C@@H](N)CSC(c1ccccc1)(c1ccccc1)c1ccccc1)C(=O)OC(C)(C)C. The van der Waals surface area contributed by atoms with Crippen LogP contribution < -0.4 is 16.4 Å². The Bertz CT molecular complexity index is 1470. The zero-order valence-corrected chi connectivity index (χ0v) is 32.0. The van der Waals surface area contributed by atoms with E-state index in [0.717, 1.165) is 16.7 Å². The number of carbonyl (C=O) groups excluding carboxylic acids is 4. The van der Waals surface area contributed by atoms with Crippen molar-refractivity contribution in [3.05, 3.63) is 108 Å². The van der Waals surface area contributed by atoms with Crippen LogP contribution in [0, 0.1) is 5.92 Å². The second-order valence-electron chi connectivity index (χ2n) is 15.1. The first-order valence-corrected chi connectivity index (χ1v) is 18.5. The minimum Gasteiger partial charge on any atom is -0.460 e. The minimum atomic E-state index is -1.17. The maximum atomic E-state index is 13.8. The molecule has 0 unspecified atom stereocenters. The molecule has 0 aromatic heterocycles. The monoisotopic (exact) mass is 717 g/mol. The van der Waals surface area contributed by atoms with Gasteiger partial charge >= 0.3 is 11.9 Å². The van der Waals surface area contributed by atoms with Crippen LogP contribution in [0.3, 0.4) is 0 Å². The van der Waals surface area contributed by atoms with Crippen molar-refractivity contribution in [2.24, 2.45) is 11.7 Å². The molecule has 0 spiro atoms. The molecule has 51 heavy (non-hydrogen) atoms. The van der Waals surface area contributed by atoms with Crippen molar-refractivity contribution in [3.8, 4) is 0 Å². The molecule has 3 atom stereocenters. The van der Waals surface area contributed by atoms with Crippen molar-refractivity contribution in [2.75, 3.05) is 5.75 Å². The van der Waals surface area contributed by atoms with Gasteiger partial charge in [0.1, 0.15) is 23.3 Å². The Morgan fingerprint density at radius 3 is 1.51 bits per heavy atom. The van der Waals surface area contributed by atoms with Crippen molar-refractivity contribution >= 4 is 35.5 Å². The lowest BCUT2D eigenvalue weighted by molar-refractivity contribution is -0.159. The van der Waals surface area contributed by atoms with Gasteiger partial charge in [-0.2, -0.15) is 0 Å². The van der Waals surface area contributed by atoms with Gasteiger partial charge in [0.05, 0.1) is 10.8 Å². The minimum absolute atomic E-state index is 0.0576. The van der Waals surface area contributed by atoms with Crippen molar-refractivity contribution in [3.63, 3.8) is 0 Å². The number of amides is 2. The number of benzene rings is 3. The van der Waals surface area contributed by atoms with E-state index in [-0.39, 0.29) is 24.5 Å². The van der Waals surface area contributed by atoms with Crippen LogP contribution in [0.5, 0.6) is 0 Å². The summed E-state index contributed by atoms with van der Waals surface area (Å²) in [5, 5.41) is 5.57. The summed E-state index contributed by atoms with van der Waals surface area (Å²) >= 11 is 1.53.